The zero-order chi connectivity index (χ0) is 20.8. The number of halogens is 2. The Bertz CT molecular complexity index is 1010. The number of fused-ring (bicyclic) bond motifs is 1. The molecule has 4 rings (SSSR count). The minimum atomic E-state index is -3.89. The van der Waals surface area contributed by atoms with Crippen LogP contribution in [0.4, 0.5) is 21.5 Å². The standard InChI is InChI=1S/C20H24ClFN4O2S/c1-14-12-24(13-15(2)23-14)9-10-25-19-5-3-4-6-20(19)26(29(25,27)28)18-8-7-16(22)11-17(18)21/h3-8,11,14-15,23H,9-10,12-13H2,1-2H3/t14-,15+. The minimum absolute atomic E-state index is 0.0509. The molecule has 0 spiro atoms. The van der Waals surface area contributed by atoms with Gasteiger partial charge in [0.1, 0.15) is 5.82 Å². The Morgan fingerprint density at radius 3 is 2.34 bits per heavy atom. The Kier molecular flexibility index (Phi) is 5.46. The van der Waals surface area contributed by atoms with E-state index >= 15 is 0 Å². The average molecular weight is 439 g/mol. The maximum absolute atomic E-state index is 13.5. The molecule has 9 heteroatoms. The van der Waals surface area contributed by atoms with Gasteiger partial charge in [-0.1, -0.05) is 23.7 Å². The van der Waals surface area contributed by atoms with Gasteiger partial charge in [-0.3, -0.25) is 4.90 Å². The van der Waals surface area contributed by atoms with Gasteiger partial charge in [0.05, 0.1) is 22.1 Å². The normalized spacial score (nSPS) is 24.0. The van der Waals surface area contributed by atoms with Crippen molar-refractivity contribution in [2.24, 2.45) is 0 Å². The average Bonchev–Trinajstić information content (AvgIpc) is 2.86. The summed E-state index contributed by atoms with van der Waals surface area (Å²) >= 11 is 6.20. The summed E-state index contributed by atoms with van der Waals surface area (Å²) in [6, 6.07) is 11.6. The van der Waals surface area contributed by atoms with E-state index in [4.69, 9.17) is 11.6 Å². The first-order valence-electron chi connectivity index (χ1n) is 9.63. The Hall–Kier alpha value is -1.87. The van der Waals surface area contributed by atoms with Gasteiger partial charge < -0.3 is 5.32 Å². The molecule has 2 aromatic rings. The summed E-state index contributed by atoms with van der Waals surface area (Å²) in [6.45, 7) is 6.94. The molecule has 29 heavy (non-hydrogen) atoms. The molecule has 2 heterocycles. The van der Waals surface area contributed by atoms with Gasteiger partial charge in [0.25, 0.3) is 0 Å². The lowest BCUT2D eigenvalue weighted by atomic mass is 10.1. The van der Waals surface area contributed by atoms with E-state index in [1.165, 1.54) is 20.7 Å². The maximum Gasteiger partial charge on any atom is 0.331 e. The molecule has 0 aromatic heterocycles. The van der Waals surface area contributed by atoms with Crippen LogP contribution in [0, 0.1) is 5.82 Å². The number of hydrogen-bond donors (Lipinski definition) is 1. The molecular weight excluding hydrogens is 415 g/mol. The molecule has 0 radical (unpaired) electrons. The fourth-order valence-electron chi connectivity index (χ4n) is 4.18. The molecule has 1 N–H and O–H groups in total. The van der Waals surface area contributed by atoms with E-state index in [-0.39, 0.29) is 10.7 Å². The number of hydrogen-bond acceptors (Lipinski definition) is 4. The number of para-hydroxylation sites is 2. The van der Waals surface area contributed by atoms with E-state index in [0.717, 1.165) is 19.2 Å². The van der Waals surface area contributed by atoms with Crippen molar-refractivity contribution in [2.75, 3.05) is 34.8 Å². The van der Waals surface area contributed by atoms with Crippen molar-refractivity contribution in [3.63, 3.8) is 0 Å². The number of anilines is 3. The summed E-state index contributed by atoms with van der Waals surface area (Å²) in [4.78, 5) is 2.28. The molecule has 1 fully saturated rings. The highest BCUT2D eigenvalue weighted by Gasteiger charge is 2.42. The summed E-state index contributed by atoms with van der Waals surface area (Å²) in [5, 5.41) is 3.53. The third-order valence-corrected chi connectivity index (χ3v) is 7.35. The van der Waals surface area contributed by atoms with Crippen molar-refractivity contribution >= 4 is 38.9 Å². The highest BCUT2D eigenvalue weighted by atomic mass is 35.5. The highest BCUT2D eigenvalue weighted by molar-refractivity contribution is 7.95. The lowest BCUT2D eigenvalue weighted by molar-refractivity contribution is 0.178. The van der Waals surface area contributed by atoms with Crippen LogP contribution >= 0.6 is 11.6 Å². The second kappa shape index (κ2) is 7.75. The van der Waals surface area contributed by atoms with Crippen LogP contribution in [0.3, 0.4) is 0 Å². The van der Waals surface area contributed by atoms with E-state index in [2.05, 4.69) is 24.1 Å². The van der Waals surface area contributed by atoms with Gasteiger partial charge in [0.15, 0.2) is 0 Å². The summed E-state index contributed by atoms with van der Waals surface area (Å²) < 4.78 is 43.0. The number of piperazine rings is 1. The summed E-state index contributed by atoms with van der Waals surface area (Å²) in [6.07, 6.45) is 0. The molecule has 156 valence electrons. The monoisotopic (exact) mass is 438 g/mol. The van der Waals surface area contributed by atoms with E-state index in [0.29, 0.717) is 36.5 Å². The zero-order valence-corrected chi connectivity index (χ0v) is 17.9. The molecule has 0 unspecified atom stereocenters. The smallest absolute Gasteiger partial charge is 0.309 e. The number of nitrogens with zero attached hydrogens (tertiary/aromatic N) is 3. The largest absolute Gasteiger partial charge is 0.331 e. The van der Waals surface area contributed by atoms with Gasteiger partial charge in [-0.2, -0.15) is 8.42 Å². The van der Waals surface area contributed by atoms with Gasteiger partial charge in [-0.25, -0.2) is 13.0 Å². The molecule has 0 aliphatic carbocycles. The van der Waals surface area contributed by atoms with Crippen molar-refractivity contribution in [1.29, 1.82) is 0 Å². The molecule has 0 amide bonds. The van der Waals surface area contributed by atoms with E-state index in [1.807, 2.05) is 6.07 Å². The van der Waals surface area contributed by atoms with E-state index < -0.39 is 16.0 Å². The number of nitrogens with one attached hydrogen (secondary N) is 1. The van der Waals surface area contributed by atoms with Crippen molar-refractivity contribution in [3.8, 4) is 0 Å². The predicted molar refractivity (Wildman–Crippen MR) is 115 cm³/mol. The molecule has 0 bridgehead atoms. The Labute approximate surface area is 176 Å². The third-order valence-electron chi connectivity index (χ3n) is 5.26. The quantitative estimate of drug-likeness (QED) is 0.795. The highest BCUT2D eigenvalue weighted by Crippen LogP contribution is 2.47. The molecule has 2 aliphatic heterocycles. The summed E-state index contributed by atoms with van der Waals surface area (Å²) in [5.74, 6) is -0.512. The van der Waals surface area contributed by atoms with Crippen LogP contribution in [0.2, 0.25) is 5.02 Å². The van der Waals surface area contributed by atoms with Crippen molar-refractivity contribution < 1.29 is 12.8 Å². The van der Waals surface area contributed by atoms with Crippen LogP contribution in [-0.4, -0.2) is 51.6 Å². The Balaban J connectivity index is 1.65. The molecule has 1 saturated heterocycles. The van der Waals surface area contributed by atoms with Crippen LogP contribution in [0.5, 0.6) is 0 Å². The van der Waals surface area contributed by atoms with Crippen LogP contribution in [0.1, 0.15) is 13.8 Å². The maximum atomic E-state index is 13.5. The lowest BCUT2D eigenvalue weighted by Gasteiger charge is -2.36. The molecule has 2 atom stereocenters. The van der Waals surface area contributed by atoms with Crippen molar-refractivity contribution in [1.82, 2.24) is 10.2 Å². The first-order valence-corrected chi connectivity index (χ1v) is 11.4. The predicted octanol–water partition coefficient (Wildman–Crippen LogP) is 3.36. The van der Waals surface area contributed by atoms with Crippen LogP contribution < -0.4 is 13.9 Å². The fourth-order valence-corrected chi connectivity index (χ4v) is 6.21. The van der Waals surface area contributed by atoms with Crippen LogP contribution in [0.15, 0.2) is 42.5 Å². The summed E-state index contributed by atoms with van der Waals surface area (Å²) in [5.41, 5.74) is 1.36. The van der Waals surface area contributed by atoms with E-state index in [1.54, 1.807) is 18.2 Å². The first kappa shape index (κ1) is 20.4. The topological polar surface area (TPSA) is 55.9 Å². The SMILES string of the molecule is C[C@@H]1CN(CCN2c3ccccc3N(c3ccc(F)cc3Cl)S2(=O)=O)C[C@H](C)N1. The molecule has 0 saturated carbocycles. The second-order valence-electron chi connectivity index (χ2n) is 7.66. The van der Waals surface area contributed by atoms with Gasteiger partial charge in [-0.15, -0.1) is 0 Å². The van der Waals surface area contributed by atoms with Crippen molar-refractivity contribution in [3.05, 3.63) is 53.3 Å². The van der Waals surface area contributed by atoms with E-state index in [9.17, 15) is 12.8 Å². The van der Waals surface area contributed by atoms with Gasteiger partial charge >= 0.3 is 10.2 Å². The third kappa shape index (κ3) is 3.82. The lowest BCUT2D eigenvalue weighted by Crippen LogP contribution is -2.55. The minimum Gasteiger partial charge on any atom is -0.309 e. The van der Waals surface area contributed by atoms with Crippen LogP contribution in [0.25, 0.3) is 0 Å². The van der Waals surface area contributed by atoms with Gasteiger partial charge in [0, 0.05) is 38.3 Å². The summed E-state index contributed by atoms with van der Waals surface area (Å²) in [7, 11) is -3.89. The van der Waals surface area contributed by atoms with Gasteiger partial charge in [0.2, 0.25) is 0 Å². The second-order valence-corrected chi connectivity index (χ2v) is 9.77. The molecular formula is C20H24ClFN4O2S. The number of rotatable bonds is 4. The molecule has 2 aliphatic rings. The Morgan fingerprint density at radius 2 is 1.69 bits per heavy atom. The van der Waals surface area contributed by atoms with Crippen LogP contribution in [-0.2, 0) is 10.2 Å². The molecule has 6 nitrogen and oxygen atoms in total. The number of benzene rings is 2. The zero-order valence-electron chi connectivity index (χ0n) is 16.3. The van der Waals surface area contributed by atoms with Gasteiger partial charge in [-0.05, 0) is 44.2 Å². The fraction of sp³-hybridized carbons (Fsp3) is 0.400. The van der Waals surface area contributed by atoms with Crippen molar-refractivity contribution in [2.45, 2.75) is 25.9 Å². The first-order chi connectivity index (χ1) is 13.8. The Morgan fingerprint density at radius 1 is 1.03 bits per heavy atom. The molecule has 2 aromatic carbocycles.